The van der Waals surface area contributed by atoms with Crippen molar-refractivity contribution in [2.75, 3.05) is 11.1 Å². The number of nitrogens with two attached hydrogens (primary N) is 1. The quantitative estimate of drug-likeness (QED) is 0.831. The van der Waals surface area contributed by atoms with E-state index >= 15 is 0 Å². The number of amides is 1. The van der Waals surface area contributed by atoms with E-state index in [0.717, 1.165) is 14.5 Å². The molecule has 0 aliphatic rings. The zero-order chi connectivity index (χ0) is 14.2. The van der Waals surface area contributed by atoms with Gasteiger partial charge in [0.15, 0.2) is 5.69 Å². The van der Waals surface area contributed by atoms with Crippen LogP contribution in [0.5, 0.6) is 0 Å². The molecule has 1 heterocycles. The van der Waals surface area contributed by atoms with Crippen molar-refractivity contribution in [3.63, 3.8) is 0 Å². The first kappa shape index (κ1) is 14.1. The van der Waals surface area contributed by atoms with Crippen molar-refractivity contribution in [3.8, 4) is 0 Å². The summed E-state index contributed by atoms with van der Waals surface area (Å²) < 4.78 is 3.09. The normalized spacial score (nSPS) is 10.5. The Balaban J connectivity index is 2.32. The molecular formula is C12H12Br2N4O. The maximum absolute atomic E-state index is 12.1. The molecule has 0 spiro atoms. The summed E-state index contributed by atoms with van der Waals surface area (Å²) in [5.74, 6) is -0.344. The molecule has 0 atom stereocenters. The number of anilines is 2. The van der Waals surface area contributed by atoms with Crippen LogP contribution in [0.4, 0.5) is 11.4 Å². The molecule has 0 saturated heterocycles. The molecule has 2 aromatic rings. The molecule has 0 radical (unpaired) electrons. The standard InChI is InChI=1S/C12H12Br2N4O/c1-6-3-7(13)10(8(14)4-6)16-12(19)11-9(15)5-18(2)17-11/h3-5H,15H2,1-2H3,(H,16,19). The Hall–Kier alpha value is -1.34. The second-order valence-corrected chi connectivity index (χ2v) is 5.87. The van der Waals surface area contributed by atoms with E-state index < -0.39 is 0 Å². The van der Waals surface area contributed by atoms with Crippen molar-refractivity contribution in [1.29, 1.82) is 0 Å². The van der Waals surface area contributed by atoms with Crippen molar-refractivity contribution in [3.05, 3.63) is 38.5 Å². The van der Waals surface area contributed by atoms with Crippen LogP contribution >= 0.6 is 31.9 Å². The monoisotopic (exact) mass is 386 g/mol. The summed E-state index contributed by atoms with van der Waals surface area (Å²) in [4.78, 5) is 12.1. The first-order chi connectivity index (χ1) is 8.88. The molecule has 0 saturated carbocycles. The van der Waals surface area contributed by atoms with E-state index in [4.69, 9.17) is 5.73 Å². The Morgan fingerprint density at radius 3 is 2.42 bits per heavy atom. The Labute approximate surface area is 127 Å². The third kappa shape index (κ3) is 2.98. The number of halogens is 2. The van der Waals surface area contributed by atoms with Gasteiger partial charge in [0.2, 0.25) is 0 Å². The number of nitrogens with zero attached hydrogens (tertiary/aromatic N) is 2. The summed E-state index contributed by atoms with van der Waals surface area (Å²) in [6, 6.07) is 3.84. The van der Waals surface area contributed by atoms with Crippen molar-refractivity contribution < 1.29 is 4.79 Å². The van der Waals surface area contributed by atoms with Crippen molar-refractivity contribution in [2.45, 2.75) is 6.92 Å². The van der Waals surface area contributed by atoms with Gasteiger partial charge in [-0.1, -0.05) is 0 Å². The van der Waals surface area contributed by atoms with Crippen LogP contribution in [0.1, 0.15) is 16.1 Å². The molecule has 0 fully saturated rings. The highest BCUT2D eigenvalue weighted by atomic mass is 79.9. The topological polar surface area (TPSA) is 72.9 Å². The number of hydrogen-bond acceptors (Lipinski definition) is 3. The minimum atomic E-state index is -0.344. The van der Waals surface area contributed by atoms with Gasteiger partial charge in [-0.3, -0.25) is 9.48 Å². The maximum atomic E-state index is 12.1. The SMILES string of the molecule is Cc1cc(Br)c(NC(=O)c2nn(C)cc2N)c(Br)c1. The lowest BCUT2D eigenvalue weighted by Gasteiger charge is -2.10. The molecule has 1 aromatic carbocycles. The van der Waals surface area contributed by atoms with E-state index in [1.807, 2.05) is 19.1 Å². The Kier molecular flexibility index (Phi) is 3.96. The van der Waals surface area contributed by atoms with E-state index in [1.165, 1.54) is 4.68 Å². The third-order valence-electron chi connectivity index (χ3n) is 2.50. The molecule has 7 heteroatoms. The Bertz CT molecular complexity index is 628. The predicted octanol–water partition coefficient (Wildman–Crippen LogP) is 3.09. The summed E-state index contributed by atoms with van der Waals surface area (Å²) in [7, 11) is 1.71. The van der Waals surface area contributed by atoms with Gasteiger partial charge >= 0.3 is 0 Å². The summed E-state index contributed by atoms with van der Waals surface area (Å²) in [6.07, 6.45) is 1.59. The van der Waals surface area contributed by atoms with Gasteiger partial charge in [-0.2, -0.15) is 5.10 Å². The predicted molar refractivity (Wildman–Crippen MR) is 82.2 cm³/mol. The molecule has 0 unspecified atom stereocenters. The zero-order valence-corrected chi connectivity index (χ0v) is 13.5. The van der Waals surface area contributed by atoms with E-state index in [9.17, 15) is 4.79 Å². The van der Waals surface area contributed by atoms with Gasteiger partial charge in [0.1, 0.15) is 0 Å². The van der Waals surface area contributed by atoms with Gasteiger partial charge in [-0.05, 0) is 56.5 Å². The lowest BCUT2D eigenvalue weighted by atomic mass is 10.2. The number of aryl methyl sites for hydroxylation is 2. The highest BCUT2D eigenvalue weighted by Gasteiger charge is 2.17. The largest absolute Gasteiger partial charge is 0.396 e. The lowest BCUT2D eigenvalue weighted by molar-refractivity contribution is 0.102. The van der Waals surface area contributed by atoms with Crippen LogP contribution in [-0.4, -0.2) is 15.7 Å². The highest BCUT2D eigenvalue weighted by Crippen LogP contribution is 2.32. The smallest absolute Gasteiger partial charge is 0.278 e. The maximum Gasteiger partial charge on any atom is 0.278 e. The molecule has 0 aliphatic carbocycles. The van der Waals surface area contributed by atoms with Crippen LogP contribution in [0.3, 0.4) is 0 Å². The second kappa shape index (κ2) is 5.34. The van der Waals surface area contributed by atoms with Crippen LogP contribution in [-0.2, 0) is 7.05 Å². The Morgan fingerprint density at radius 1 is 1.37 bits per heavy atom. The van der Waals surface area contributed by atoms with E-state index in [-0.39, 0.29) is 11.6 Å². The summed E-state index contributed by atoms with van der Waals surface area (Å²) >= 11 is 6.84. The molecule has 0 aliphatic heterocycles. The number of rotatable bonds is 2. The van der Waals surface area contributed by atoms with Crippen LogP contribution in [0.25, 0.3) is 0 Å². The van der Waals surface area contributed by atoms with Gasteiger partial charge in [0, 0.05) is 22.2 Å². The molecule has 2 rings (SSSR count). The molecule has 19 heavy (non-hydrogen) atoms. The number of hydrogen-bond donors (Lipinski definition) is 2. The third-order valence-corrected chi connectivity index (χ3v) is 3.75. The Morgan fingerprint density at radius 2 is 1.95 bits per heavy atom. The average molecular weight is 388 g/mol. The molecule has 0 bridgehead atoms. The zero-order valence-electron chi connectivity index (χ0n) is 10.4. The minimum absolute atomic E-state index is 0.210. The number of nitrogen functional groups attached to an aromatic ring is 1. The average Bonchev–Trinajstić information content (AvgIpc) is 2.62. The van der Waals surface area contributed by atoms with E-state index in [1.54, 1.807) is 13.2 Å². The molecule has 1 amide bonds. The second-order valence-electron chi connectivity index (χ2n) is 4.16. The van der Waals surface area contributed by atoms with Gasteiger partial charge in [-0.15, -0.1) is 0 Å². The molecular weight excluding hydrogens is 376 g/mol. The van der Waals surface area contributed by atoms with Crippen molar-refractivity contribution in [2.24, 2.45) is 7.05 Å². The molecule has 5 nitrogen and oxygen atoms in total. The summed E-state index contributed by atoms with van der Waals surface area (Å²) in [5.41, 5.74) is 8.02. The van der Waals surface area contributed by atoms with E-state index in [0.29, 0.717) is 11.4 Å². The van der Waals surface area contributed by atoms with Gasteiger partial charge < -0.3 is 11.1 Å². The van der Waals surface area contributed by atoms with Crippen molar-refractivity contribution in [1.82, 2.24) is 9.78 Å². The number of benzene rings is 1. The number of aromatic nitrogens is 2. The van der Waals surface area contributed by atoms with E-state index in [2.05, 4.69) is 42.3 Å². The molecule has 1 aromatic heterocycles. The fraction of sp³-hybridized carbons (Fsp3) is 0.167. The lowest BCUT2D eigenvalue weighted by Crippen LogP contribution is -2.15. The van der Waals surface area contributed by atoms with Gasteiger partial charge in [0.25, 0.3) is 5.91 Å². The molecule has 100 valence electrons. The van der Waals surface area contributed by atoms with Gasteiger partial charge in [-0.25, -0.2) is 0 Å². The number of carbonyl (C=O) groups is 1. The van der Waals surface area contributed by atoms with Crippen molar-refractivity contribution >= 4 is 49.1 Å². The summed E-state index contributed by atoms with van der Waals surface area (Å²) in [6.45, 7) is 1.97. The number of carbonyl (C=O) groups excluding carboxylic acids is 1. The number of nitrogens with one attached hydrogen (secondary N) is 1. The highest BCUT2D eigenvalue weighted by molar-refractivity contribution is 9.11. The summed E-state index contributed by atoms with van der Waals surface area (Å²) in [5, 5.41) is 6.82. The van der Waals surface area contributed by atoms with Crippen LogP contribution in [0.2, 0.25) is 0 Å². The van der Waals surface area contributed by atoms with Crippen LogP contribution < -0.4 is 11.1 Å². The molecule has 3 N–H and O–H groups in total. The fourth-order valence-electron chi connectivity index (χ4n) is 1.68. The van der Waals surface area contributed by atoms with Gasteiger partial charge in [0.05, 0.1) is 11.4 Å². The first-order valence-corrected chi connectivity index (χ1v) is 7.03. The fourth-order valence-corrected chi connectivity index (χ4v) is 3.29. The first-order valence-electron chi connectivity index (χ1n) is 5.44. The minimum Gasteiger partial charge on any atom is -0.396 e. The van der Waals surface area contributed by atoms with Crippen LogP contribution in [0, 0.1) is 6.92 Å². The van der Waals surface area contributed by atoms with Crippen LogP contribution in [0.15, 0.2) is 27.3 Å².